The van der Waals surface area contributed by atoms with Crippen molar-refractivity contribution >= 4 is 0 Å². The maximum atomic E-state index is 10.2. The summed E-state index contributed by atoms with van der Waals surface area (Å²) in [6.45, 7) is 5.87. The van der Waals surface area contributed by atoms with E-state index in [0.717, 1.165) is 0 Å². The lowest BCUT2D eigenvalue weighted by Gasteiger charge is -2.39. The average Bonchev–Trinajstić information content (AvgIpc) is 2.31. The normalized spacial score (nSPS) is 19.1. The van der Waals surface area contributed by atoms with Crippen molar-refractivity contribution in [3.05, 3.63) is 0 Å². The minimum absolute atomic E-state index is 0.00616. The van der Waals surface area contributed by atoms with E-state index in [2.05, 4.69) is 0 Å². The predicted molar refractivity (Wildman–Crippen MR) is 67.6 cm³/mol. The maximum absolute atomic E-state index is 10.2. The average molecular weight is 248 g/mol. The Morgan fingerprint density at radius 1 is 1.12 bits per heavy atom. The molecule has 0 aliphatic carbocycles. The molecule has 0 saturated carbocycles. The van der Waals surface area contributed by atoms with Gasteiger partial charge >= 0.3 is 0 Å². The van der Waals surface area contributed by atoms with Gasteiger partial charge in [-0.25, -0.2) is 0 Å². The lowest BCUT2D eigenvalue weighted by atomic mass is 9.71. The summed E-state index contributed by atoms with van der Waals surface area (Å²) in [4.78, 5) is 0. The van der Waals surface area contributed by atoms with Crippen LogP contribution in [0.2, 0.25) is 0 Å². The minimum atomic E-state index is -0.938. The Hall–Kier alpha value is -0.160. The second-order valence-corrected chi connectivity index (χ2v) is 5.35. The van der Waals surface area contributed by atoms with Gasteiger partial charge in [-0.15, -0.1) is 0 Å². The number of hydrogen-bond donors (Lipinski definition) is 4. The highest BCUT2D eigenvalue weighted by Gasteiger charge is 2.39. The van der Waals surface area contributed by atoms with E-state index < -0.39 is 17.6 Å². The largest absolute Gasteiger partial charge is 0.396 e. The Morgan fingerprint density at radius 2 is 1.71 bits per heavy atom. The third kappa shape index (κ3) is 4.92. The zero-order chi connectivity index (χ0) is 13.5. The molecule has 3 atom stereocenters. The van der Waals surface area contributed by atoms with Crippen LogP contribution in [-0.2, 0) is 0 Å². The molecule has 17 heavy (non-hydrogen) atoms. The van der Waals surface area contributed by atoms with Crippen molar-refractivity contribution < 1.29 is 20.4 Å². The van der Waals surface area contributed by atoms with E-state index in [1.54, 1.807) is 0 Å². The molecule has 0 heterocycles. The highest BCUT2D eigenvalue weighted by Crippen LogP contribution is 2.36. The zero-order valence-electron chi connectivity index (χ0n) is 11.3. The molecule has 0 saturated heterocycles. The van der Waals surface area contributed by atoms with Crippen LogP contribution in [-0.4, -0.2) is 45.8 Å². The van der Waals surface area contributed by atoms with Crippen LogP contribution in [0.4, 0.5) is 0 Å². The van der Waals surface area contributed by atoms with Gasteiger partial charge in [-0.05, 0) is 31.6 Å². The molecule has 0 fully saturated rings. The molecule has 0 bridgehead atoms. The van der Waals surface area contributed by atoms with Gasteiger partial charge in [0.1, 0.15) is 0 Å². The Kier molecular flexibility index (Phi) is 7.96. The first kappa shape index (κ1) is 16.8. The topological polar surface area (TPSA) is 80.9 Å². The van der Waals surface area contributed by atoms with Crippen LogP contribution in [0.15, 0.2) is 0 Å². The summed E-state index contributed by atoms with van der Waals surface area (Å²) >= 11 is 0. The highest BCUT2D eigenvalue weighted by molar-refractivity contribution is 4.89. The summed E-state index contributed by atoms with van der Waals surface area (Å²) in [6.07, 6.45) is 0.304. The fourth-order valence-corrected chi connectivity index (χ4v) is 2.42. The lowest BCUT2D eigenvalue weighted by molar-refractivity contribution is -0.101. The van der Waals surface area contributed by atoms with Crippen molar-refractivity contribution in [2.45, 2.75) is 58.7 Å². The first-order chi connectivity index (χ1) is 7.93. The molecule has 0 aromatic rings. The third-order valence-corrected chi connectivity index (χ3v) is 3.48. The summed E-state index contributed by atoms with van der Waals surface area (Å²) in [5.41, 5.74) is -0.636. The van der Waals surface area contributed by atoms with E-state index in [0.29, 0.717) is 31.6 Å². The number of aliphatic hydroxyl groups is 4. The van der Waals surface area contributed by atoms with Crippen LogP contribution in [0.25, 0.3) is 0 Å². The second-order valence-electron chi connectivity index (χ2n) is 5.35. The molecule has 0 aliphatic rings. The van der Waals surface area contributed by atoms with Crippen molar-refractivity contribution in [1.29, 1.82) is 0 Å². The second kappa shape index (κ2) is 8.03. The number of rotatable bonds is 9. The molecule has 4 heteroatoms. The van der Waals surface area contributed by atoms with E-state index in [1.807, 2.05) is 20.8 Å². The first-order valence-corrected chi connectivity index (χ1v) is 6.51. The van der Waals surface area contributed by atoms with Crippen LogP contribution < -0.4 is 0 Å². The maximum Gasteiger partial charge on any atom is 0.0877 e. The standard InChI is InChI=1S/C13H28O4/c1-4-13(9-15,8-10(2)3)12(17)11(16)6-5-7-14/h10-12,14-17H,4-9H2,1-3H3. The van der Waals surface area contributed by atoms with Gasteiger partial charge in [0.15, 0.2) is 0 Å². The summed E-state index contributed by atoms with van der Waals surface area (Å²) < 4.78 is 0. The molecular formula is C13H28O4. The summed E-state index contributed by atoms with van der Waals surface area (Å²) in [5, 5.41) is 38.4. The van der Waals surface area contributed by atoms with Crippen LogP contribution in [0, 0.1) is 11.3 Å². The molecule has 0 spiro atoms. The summed E-state index contributed by atoms with van der Waals surface area (Å²) in [6, 6.07) is 0. The van der Waals surface area contributed by atoms with Crippen molar-refractivity contribution in [2.75, 3.05) is 13.2 Å². The fourth-order valence-electron chi connectivity index (χ4n) is 2.42. The smallest absolute Gasteiger partial charge is 0.0877 e. The van der Waals surface area contributed by atoms with Gasteiger partial charge in [-0.1, -0.05) is 20.8 Å². The highest BCUT2D eigenvalue weighted by atomic mass is 16.3. The van der Waals surface area contributed by atoms with Gasteiger partial charge in [-0.3, -0.25) is 0 Å². The SMILES string of the molecule is CCC(CO)(CC(C)C)C(O)C(O)CCCO. The number of hydrogen-bond acceptors (Lipinski definition) is 4. The predicted octanol–water partition coefficient (Wildman–Crippen LogP) is 0.915. The van der Waals surface area contributed by atoms with Gasteiger partial charge in [0, 0.05) is 12.0 Å². The molecule has 4 nitrogen and oxygen atoms in total. The molecule has 0 aromatic heterocycles. The van der Waals surface area contributed by atoms with Gasteiger partial charge < -0.3 is 20.4 Å². The zero-order valence-corrected chi connectivity index (χ0v) is 11.3. The monoisotopic (exact) mass is 248 g/mol. The van der Waals surface area contributed by atoms with Crippen LogP contribution in [0.3, 0.4) is 0 Å². The lowest BCUT2D eigenvalue weighted by Crippen LogP contribution is -2.46. The van der Waals surface area contributed by atoms with Gasteiger partial charge in [-0.2, -0.15) is 0 Å². The van der Waals surface area contributed by atoms with Gasteiger partial charge in [0.05, 0.1) is 18.8 Å². The van der Waals surface area contributed by atoms with Crippen molar-refractivity contribution in [2.24, 2.45) is 11.3 Å². The quantitative estimate of drug-likeness (QED) is 0.489. The van der Waals surface area contributed by atoms with E-state index in [9.17, 15) is 15.3 Å². The Balaban J connectivity index is 4.66. The van der Waals surface area contributed by atoms with Crippen molar-refractivity contribution in [3.8, 4) is 0 Å². The Morgan fingerprint density at radius 3 is 2.06 bits per heavy atom. The van der Waals surface area contributed by atoms with Gasteiger partial charge in [0.2, 0.25) is 0 Å². The molecule has 104 valence electrons. The van der Waals surface area contributed by atoms with Gasteiger partial charge in [0.25, 0.3) is 0 Å². The molecule has 0 aliphatic heterocycles. The van der Waals surface area contributed by atoms with Crippen molar-refractivity contribution in [1.82, 2.24) is 0 Å². The fraction of sp³-hybridized carbons (Fsp3) is 1.00. The Labute approximate surface area is 104 Å². The van der Waals surface area contributed by atoms with Crippen LogP contribution in [0.1, 0.15) is 46.5 Å². The minimum Gasteiger partial charge on any atom is -0.396 e. The van der Waals surface area contributed by atoms with E-state index in [-0.39, 0.29) is 13.2 Å². The molecule has 3 unspecified atom stereocenters. The molecule has 0 amide bonds. The Bertz CT molecular complexity index is 190. The molecule has 0 aromatic carbocycles. The van der Waals surface area contributed by atoms with Crippen molar-refractivity contribution in [3.63, 3.8) is 0 Å². The van der Waals surface area contributed by atoms with E-state index in [1.165, 1.54) is 0 Å². The first-order valence-electron chi connectivity index (χ1n) is 6.51. The van der Waals surface area contributed by atoms with Crippen LogP contribution in [0.5, 0.6) is 0 Å². The molecule has 0 radical (unpaired) electrons. The molecule has 0 rings (SSSR count). The third-order valence-electron chi connectivity index (χ3n) is 3.48. The summed E-state index contributed by atoms with van der Waals surface area (Å²) in [7, 11) is 0. The van der Waals surface area contributed by atoms with E-state index >= 15 is 0 Å². The van der Waals surface area contributed by atoms with Crippen LogP contribution >= 0.6 is 0 Å². The molecular weight excluding hydrogens is 220 g/mol. The summed E-state index contributed by atoms with van der Waals surface area (Å²) in [5.74, 6) is 0.349. The molecule has 4 N–H and O–H groups in total. The number of aliphatic hydroxyl groups excluding tert-OH is 4. The van der Waals surface area contributed by atoms with E-state index in [4.69, 9.17) is 5.11 Å².